The highest BCUT2D eigenvalue weighted by Crippen LogP contribution is 2.33. The number of sulfonamides is 1. The van der Waals surface area contributed by atoms with Crippen molar-refractivity contribution in [3.05, 3.63) is 52.0 Å². The molecule has 9 nitrogen and oxygen atoms in total. The van der Waals surface area contributed by atoms with Gasteiger partial charge in [-0.05, 0) is 36.6 Å². The number of anilines is 1. The highest BCUT2D eigenvalue weighted by Gasteiger charge is 2.32. The molecule has 0 fully saturated rings. The predicted molar refractivity (Wildman–Crippen MR) is 151 cm³/mol. The molecule has 2 aromatic rings. The first-order valence-corrected chi connectivity index (χ1v) is 14.6. The van der Waals surface area contributed by atoms with Crippen LogP contribution in [0.2, 0.25) is 10.0 Å². The second-order valence-corrected chi connectivity index (χ2v) is 11.8. The molecule has 2 aromatic carbocycles. The van der Waals surface area contributed by atoms with Crippen molar-refractivity contribution < 1.29 is 27.5 Å². The Morgan fingerprint density at radius 1 is 1.03 bits per heavy atom. The van der Waals surface area contributed by atoms with Crippen LogP contribution < -0.4 is 19.1 Å². The molecule has 0 bridgehead atoms. The smallest absolute Gasteiger partial charge is 0.244 e. The summed E-state index contributed by atoms with van der Waals surface area (Å²) in [5, 5.41) is 3.52. The summed E-state index contributed by atoms with van der Waals surface area (Å²) in [6.45, 7) is 5.46. The number of halogens is 2. The first kappa shape index (κ1) is 31.5. The number of carbonyl (C=O) groups excluding carboxylic acids is 2. The van der Waals surface area contributed by atoms with Crippen molar-refractivity contribution in [3.8, 4) is 11.5 Å². The second kappa shape index (κ2) is 13.9. The van der Waals surface area contributed by atoms with Crippen LogP contribution in [0.1, 0.15) is 32.8 Å². The van der Waals surface area contributed by atoms with Gasteiger partial charge in [-0.1, -0.05) is 50.0 Å². The third-order valence-corrected chi connectivity index (χ3v) is 7.64. The number of methoxy groups -OCH3 is 2. The van der Waals surface area contributed by atoms with Crippen molar-refractivity contribution >= 4 is 50.7 Å². The number of carbonyl (C=O) groups is 2. The van der Waals surface area contributed by atoms with Crippen LogP contribution in [0.4, 0.5) is 5.69 Å². The Hall–Kier alpha value is -2.69. The topological polar surface area (TPSA) is 105 Å². The van der Waals surface area contributed by atoms with Gasteiger partial charge in [0.25, 0.3) is 0 Å². The van der Waals surface area contributed by atoms with Gasteiger partial charge in [0.1, 0.15) is 12.6 Å². The summed E-state index contributed by atoms with van der Waals surface area (Å²) < 4.78 is 37.1. The standard InChI is InChI=1S/C26H35Cl2N3O6S/c1-7-22(26(33)29-14-17(2)3)30(15-19-20(27)9-8-10-21(19)28)25(32)16-31(38(6,34)35)18-11-12-23(36-4)24(13-18)37-5/h8-13,17,22H,7,14-16H2,1-6H3,(H,29,33). The molecule has 210 valence electrons. The number of nitrogens with one attached hydrogen (secondary N) is 1. The molecule has 12 heteroatoms. The maximum Gasteiger partial charge on any atom is 0.244 e. The Balaban J connectivity index is 2.53. The van der Waals surface area contributed by atoms with Crippen LogP contribution in [0.15, 0.2) is 36.4 Å². The van der Waals surface area contributed by atoms with Crippen LogP contribution in [0.25, 0.3) is 0 Å². The van der Waals surface area contributed by atoms with Gasteiger partial charge in [0.05, 0.1) is 26.2 Å². The van der Waals surface area contributed by atoms with E-state index >= 15 is 0 Å². The first-order valence-electron chi connectivity index (χ1n) is 12.0. The molecule has 0 saturated carbocycles. The van der Waals surface area contributed by atoms with E-state index in [-0.39, 0.29) is 30.5 Å². The molecule has 1 N–H and O–H groups in total. The molecule has 38 heavy (non-hydrogen) atoms. The van der Waals surface area contributed by atoms with Gasteiger partial charge in [0.2, 0.25) is 21.8 Å². The summed E-state index contributed by atoms with van der Waals surface area (Å²) in [7, 11) is -1.03. The zero-order chi connectivity index (χ0) is 28.6. The molecule has 1 unspecified atom stereocenters. The minimum absolute atomic E-state index is 0.0888. The maximum absolute atomic E-state index is 13.8. The van der Waals surface area contributed by atoms with Crippen LogP contribution in [0.3, 0.4) is 0 Å². The fourth-order valence-corrected chi connectivity index (χ4v) is 5.15. The summed E-state index contributed by atoms with van der Waals surface area (Å²) in [4.78, 5) is 28.3. The largest absolute Gasteiger partial charge is 0.493 e. The third kappa shape index (κ3) is 8.15. The van der Waals surface area contributed by atoms with Crippen molar-refractivity contribution in [2.24, 2.45) is 5.92 Å². The number of nitrogens with zero attached hydrogens (tertiary/aromatic N) is 2. The minimum atomic E-state index is -3.92. The molecule has 1 atom stereocenters. The second-order valence-electron chi connectivity index (χ2n) is 9.09. The number of rotatable bonds is 13. The third-order valence-electron chi connectivity index (χ3n) is 5.79. The van der Waals surface area contributed by atoms with E-state index in [0.29, 0.717) is 33.7 Å². The lowest BCUT2D eigenvalue weighted by molar-refractivity contribution is -0.140. The van der Waals surface area contributed by atoms with Gasteiger partial charge in [-0.2, -0.15) is 0 Å². The Labute approximate surface area is 235 Å². The van der Waals surface area contributed by atoms with E-state index in [1.807, 2.05) is 13.8 Å². The van der Waals surface area contributed by atoms with Crippen molar-refractivity contribution in [3.63, 3.8) is 0 Å². The van der Waals surface area contributed by atoms with Gasteiger partial charge in [-0.25, -0.2) is 8.42 Å². The number of benzene rings is 2. The molecule has 0 radical (unpaired) electrons. The molecule has 0 aliphatic heterocycles. The van der Waals surface area contributed by atoms with E-state index in [9.17, 15) is 18.0 Å². The van der Waals surface area contributed by atoms with Crippen molar-refractivity contribution in [1.29, 1.82) is 0 Å². The first-order chi connectivity index (χ1) is 17.8. The summed E-state index contributed by atoms with van der Waals surface area (Å²) in [6, 6.07) is 8.59. The summed E-state index contributed by atoms with van der Waals surface area (Å²) in [5.41, 5.74) is 0.655. The number of amides is 2. The van der Waals surface area contributed by atoms with Crippen molar-refractivity contribution in [2.75, 3.05) is 37.9 Å². The Morgan fingerprint density at radius 3 is 2.13 bits per heavy atom. The lowest BCUT2D eigenvalue weighted by Crippen LogP contribution is -2.52. The van der Waals surface area contributed by atoms with Crippen molar-refractivity contribution in [1.82, 2.24) is 10.2 Å². The molecule has 2 rings (SSSR count). The Bertz CT molecular complexity index is 1220. The Kier molecular flexibility index (Phi) is 11.5. The highest BCUT2D eigenvalue weighted by atomic mass is 35.5. The average molecular weight is 589 g/mol. The van der Waals surface area contributed by atoms with E-state index in [0.717, 1.165) is 10.6 Å². The zero-order valence-corrected chi connectivity index (χ0v) is 24.8. The quantitative estimate of drug-likeness (QED) is 0.373. The molecular weight excluding hydrogens is 553 g/mol. The zero-order valence-electron chi connectivity index (χ0n) is 22.5. The van der Waals surface area contributed by atoms with Gasteiger partial charge >= 0.3 is 0 Å². The molecule has 0 heterocycles. The fourth-order valence-electron chi connectivity index (χ4n) is 3.79. The summed E-state index contributed by atoms with van der Waals surface area (Å²) in [5.74, 6) is -0.0592. The van der Waals surface area contributed by atoms with Gasteiger partial charge < -0.3 is 19.7 Å². The summed E-state index contributed by atoms with van der Waals surface area (Å²) in [6.07, 6.45) is 1.28. The van der Waals surface area contributed by atoms with Gasteiger partial charge in [0, 0.05) is 34.8 Å². The van der Waals surface area contributed by atoms with E-state index in [2.05, 4.69) is 5.32 Å². The van der Waals surface area contributed by atoms with Crippen molar-refractivity contribution in [2.45, 2.75) is 39.8 Å². The lowest BCUT2D eigenvalue weighted by Gasteiger charge is -2.33. The number of ether oxygens (including phenoxy) is 2. The molecule has 0 saturated heterocycles. The van der Waals surface area contributed by atoms with Gasteiger partial charge in [-0.15, -0.1) is 0 Å². The van der Waals surface area contributed by atoms with Crippen LogP contribution in [-0.2, 0) is 26.2 Å². The molecule has 0 spiro atoms. The molecule has 0 aliphatic rings. The normalized spacial score (nSPS) is 12.1. The monoisotopic (exact) mass is 587 g/mol. The SMILES string of the molecule is CCC(C(=O)NCC(C)C)N(Cc1c(Cl)cccc1Cl)C(=O)CN(c1ccc(OC)c(OC)c1)S(C)(=O)=O. The van der Waals surface area contributed by atoms with E-state index in [4.69, 9.17) is 32.7 Å². The van der Waals surface area contributed by atoms with Crippen LogP contribution in [0, 0.1) is 5.92 Å². The average Bonchev–Trinajstić information content (AvgIpc) is 2.86. The van der Waals surface area contributed by atoms with Gasteiger partial charge in [0.15, 0.2) is 11.5 Å². The molecule has 2 amide bonds. The predicted octanol–water partition coefficient (Wildman–Crippen LogP) is 4.36. The van der Waals surface area contributed by atoms with E-state index in [1.54, 1.807) is 31.2 Å². The van der Waals surface area contributed by atoms with Crippen LogP contribution in [-0.4, -0.2) is 64.7 Å². The number of hydrogen-bond acceptors (Lipinski definition) is 6. The highest BCUT2D eigenvalue weighted by molar-refractivity contribution is 7.92. The maximum atomic E-state index is 13.8. The van der Waals surface area contributed by atoms with Crippen LogP contribution >= 0.6 is 23.2 Å². The fraction of sp³-hybridized carbons (Fsp3) is 0.462. The minimum Gasteiger partial charge on any atom is -0.493 e. The Morgan fingerprint density at radius 2 is 1.63 bits per heavy atom. The van der Waals surface area contributed by atoms with E-state index in [1.165, 1.54) is 31.3 Å². The lowest BCUT2D eigenvalue weighted by atomic mass is 10.1. The molecule has 0 aliphatic carbocycles. The molecule has 0 aromatic heterocycles. The molecular formula is C26H35Cl2N3O6S. The van der Waals surface area contributed by atoms with Gasteiger partial charge in [-0.3, -0.25) is 13.9 Å². The van der Waals surface area contributed by atoms with Crippen LogP contribution in [0.5, 0.6) is 11.5 Å². The number of hydrogen-bond donors (Lipinski definition) is 1. The summed E-state index contributed by atoms with van der Waals surface area (Å²) >= 11 is 12.8. The van der Waals surface area contributed by atoms with E-state index < -0.39 is 28.5 Å².